The Balaban J connectivity index is -0.0000000616. The molecule has 0 radical (unpaired) electrons. The van der Waals surface area contributed by atoms with Crippen molar-refractivity contribution >= 4 is 76.4 Å². The zero-order valence-corrected chi connectivity index (χ0v) is 59.4. The second-order valence-corrected chi connectivity index (χ2v) is 16.5. The van der Waals surface area contributed by atoms with E-state index in [-0.39, 0.29) is 116 Å². The fraction of sp³-hybridized carbons (Fsp3) is 0.677. The van der Waals surface area contributed by atoms with E-state index in [1.54, 1.807) is 26.0 Å². The molecule has 1 rings (SSSR count). The van der Waals surface area contributed by atoms with E-state index in [0.29, 0.717) is 56.1 Å². The molecule has 0 heterocycles. The third-order valence-electron chi connectivity index (χ3n) is 9.35. The van der Waals surface area contributed by atoms with Crippen LogP contribution in [0.15, 0.2) is 85.1 Å². The summed E-state index contributed by atoms with van der Waals surface area (Å²) in [6.45, 7) is 41.1. The molecular weight excluding hydrogens is 1130 g/mol. The van der Waals surface area contributed by atoms with Crippen LogP contribution in [0.4, 0.5) is 0 Å². The van der Waals surface area contributed by atoms with Crippen molar-refractivity contribution in [3.63, 3.8) is 0 Å². The van der Waals surface area contributed by atoms with Crippen LogP contribution in [-0.2, 0) is 33.4 Å². The van der Waals surface area contributed by atoms with Crippen LogP contribution in [0.25, 0.3) is 0 Å². The molecule has 452 valence electrons. The number of ether oxygens (including phenoxy) is 2. The number of aldehydes is 2. The SMILES string of the molecule is C/C=C/C(O)CCCCC(O)/C=C/C.CC.CC.CC.CC.CC1/C=C/CCCC/C=C/C(C)CC(=O)C1.COC(=O)CC(C)/C=C/CCCC/C=C/C(C)CC(=O)OC.O=CCCCCC=O.[Br-].[Br-].[CH-]=CC.[CH-]=CC.[Mg+2].[Mg+2]. The second kappa shape index (κ2) is 104. The van der Waals surface area contributed by atoms with Gasteiger partial charge in [0.1, 0.15) is 18.4 Å². The number of rotatable bonds is 23. The Labute approximate surface area is 537 Å². The number of hydrogen-bond donors (Lipinski definition) is 2. The van der Waals surface area contributed by atoms with Crippen LogP contribution in [0.3, 0.4) is 0 Å². The molecule has 1 aliphatic rings. The quantitative estimate of drug-likeness (QED) is 0.0255. The van der Waals surface area contributed by atoms with Crippen molar-refractivity contribution < 1.29 is 77.6 Å². The molecule has 0 amide bonds. The maximum Gasteiger partial charge on any atom is 2.00 e. The first-order chi connectivity index (χ1) is 35.6. The first kappa shape index (κ1) is 108. The zero-order valence-electron chi connectivity index (χ0n) is 53.4. The van der Waals surface area contributed by atoms with E-state index in [1.165, 1.54) is 39.2 Å². The van der Waals surface area contributed by atoms with Gasteiger partial charge < -0.3 is 76.4 Å². The molecule has 0 aliphatic heterocycles. The minimum Gasteiger partial charge on any atom is -1.00 e. The molecule has 6 atom stereocenters. The summed E-state index contributed by atoms with van der Waals surface area (Å²) in [7, 11) is 2.83. The molecule has 0 saturated heterocycles. The molecular formula is C65H120Br2Mg2O9. The molecule has 0 fully saturated rings. The molecule has 0 aromatic carbocycles. The number of allylic oxidation sites excluding steroid dienone is 12. The van der Waals surface area contributed by atoms with Crippen LogP contribution in [0.5, 0.6) is 0 Å². The van der Waals surface area contributed by atoms with Gasteiger partial charge >= 0.3 is 58.0 Å². The third kappa shape index (κ3) is 117. The van der Waals surface area contributed by atoms with E-state index in [2.05, 4.69) is 71.9 Å². The number of carbonyl (C=O) groups is 5. The van der Waals surface area contributed by atoms with Gasteiger partial charge in [-0.05, 0) is 115 Å². The molecule has 6 unspecified atom stereocenters. The van der Waals surface area contributed by atoms with E-state index >= 15 is 0 Å². The van der Waals surface area contributed by atoms with Gasteiger partial charge in [0.15, 0.2) is 0 Å². The summed E-state index contributed by atoms with van der Waals surface area (Å²) in [6.07, 6.45) is 46.5. The largest absolute Gasteiger partial charge is 2.00 e. The van der Waals surface area contributed by atoms with Crippen LogP contribution in [0, 0.1) is 36.8 Å². The summed E-state index contributed by atoms with van der Waals surface area (Å²) >= 11 is 0. The molecule has 0 aromatic rings. The summed E-state index contributed by atoms with van der Waals surface area (Å²) in [5.74, 6) is 1.34. The van der Waals surface area contributed by atoms with E-state index < -0.39 is 0 Å². The first-order valence-corrected chi connectivity index (χ1v) is 28.4. The van der Waals surface area contributed by atoms with Crippen molar-refractivity contribution in [2.75, 3.05) is 14.2 Å². The number of aliphatic hydroxyl groups excluding tert-OH is 2. The fourth-order valence-electron chi connectivity index (χ4n) is 5.93. The van der Waals surface area contributed by atoms with Gasteiger partial charge in [0.2, 0.25) is 0 Å². The van der Waals surface area contributed by atoms with Crippen molar-refractivity contribution in [1.82, 2.24) is 0 Å². The minimum absolute atomic E-state index is 0. The Morgan fingerprint density at radius 3 is 1.12 bits per heavy atom. The van der Waals surface area contributed by atoms with Crippen LogP contribution in [0.2, 0.25) is 0 Å². The van der Waals surface area contributed by atoms with Gasteiger partial charge in [-0.1, -0.05) is 183 Å². The summed E-state index contributed by atoms with van der Waals surface area (Å²) in [4.78, 5) is 53.3. The van der Waals surface area contributed by atoms with Gasteiger partial charge in [0.25, 0.3) is 0 Å². The van der Waals surface area contributed by atoms with Gasteiger partial charge in [0, 0.05) is 25.7 Å². The average Bonchev–Trinajstić information content (AvgIpc) is 3.40. The number of esters is 2. The number of Topliss-reactive ketones (excluding diaryl/α,β-unsaturated/α-hetero) is 1. The Hall–Kier alpha value is -1.72. The first-order valence-electron chi connectivity index (χ1n) is 28.4. The monoisotopic (exact) mass is 1250 g/mol. The van der Waals surface area contributed by atoms with Crippen molar-refractivity contribution in [3.8, 4) is 0 Å². The summed E-state index contributed by atoms with van der Waals surface area (Å²) in [5, 5.41) is 18.7. The standard InChI is InChI=1S/C18H30O4.C15H24O.C12H22O2.C6H10O2.2C3H5.4C2H6.2BrH.2Mg/c1-15(13-17(19)21-3)11-9-7-5-6-8-10-12-16(2)14-18(20)22-4;1-13-9-7-5-3-4-6-8-10-14(2)12-15(16)11-13;1-3-7-11(13)9-5-6-10-12(14)8-4-2;7-5-3-1-2-4-6-8;2*1-3-2;4*1-2;;;;/h9-12,15-16H,5-8,13-14H2,1-4H3;7-10,13-14H,3-6,11-12H2,1-2H3;3-4,7-8,11-14H,5-6,9-10H2,1-2H3;5-6H,1-4H2;2*1,3H,2H3;4*1-2H3;2*1H;;/q;;;;2*-1;;;;;;;2*+2/p-2/b11-9+,12-10+;9-7+,10-8+;7-3+,8-4+;;;;;;;;;;;. The van der Waals surface area contributed by atoms with E-state index in [4.69, 9.17) is 13.2 Å². The topological polar surface area (TPSA) is 144 Å². The molecule has 2 N–H and O–H groups in total. The molecule has 0 aromatic heterocycles. The summed E-state index contributed by atoms with van der Waals surface area (Å²) in [6, 6.07) is 0. The minimum atomic E-state index is -0.320. The van der Waals surface area contributed by atoms with Crippen LogP contribution in [-0.4, -0.2) is 113 Å². The Morgan fingerprint density at radius 1 is 0.577 bits per heavy atom. The molecule has 13 heteroatoms. The van der Waals surface area contributed by atoms with Crippen molar-refractivity contribution in [2.45, 2.75) is 251 Å². The van der Waals surface area contributed by atoms with E-state index in [9.17, 15) is 34.2 Å². The predicted octanol–water partition coefficient (Wildman–Crippen LogP) is 11.1. The molecule has 0 spiro atoms. The van der Waals surface area contributed by atoms with Crippen LogP contribution in [0.1, 0.15) is 239 Å². The predicted molar refractivity (Wildman–Crippen MR) is 334 cm³/mol. The molecule has 0 saturated carbocycles. The Morgan fingerprint density at radius 2 is 0.859 bits per heavy atom. The number of carbonyl (C=O) groups excluding carboxylic acids is 5. The number of hydrogen-bond acceptors (Lipinski definition) is 9. The van der Waals surface area contributed by atoms with Crippen molar-refractivity contribution in [1.29, 1.82) is 0 Å². The molecule has 9 nitrogen and oxygen atoms in total. The molecule has 78 heavy (non-hydrogen) atoms. The number of methoxy groups -OCH3 is 2. The van der Waals surface area contributed by atoms with Crippen molar-refractivity contribution in [2.24, 2.45) is 23.7 Å². The van der Waals surface area contributed by atoms with Gasteiger partial charge in [-0.15, -0.1) is 0 Å². The molecule has 1 aliphatic carbocycles. The maximum absolute atomic E-state index is 11.7. The molecule has 0 bridgehead atoms. The number of unbranched alkanes of at least 4 members (excludes halogenated alkanes) is 7. The summed E-state index contributed by atoms with van der Waals surface area (Å²) < 4.78 is 9.27. The zero-order chi connectivity index (χ0) is 59.1. The smallest absolute Gasteiger partial charge is 1.00 e. The van der Waals surface area contributed by atoms with Crippen molar-refractivity contribution in [3.05, 3.63) is 98.2 Å². The summed E-state index contributed by atoms with van der Waals surface area (Å²) in [5.41, 5.74) is 0. The number of halogens is 2. The normalized spacial score (nSPS) is 15.3. The van der Waals surface area contributed by atoms with Crippen LogP contribution >= 0.6 is 0 Å². The Kier molecular flexibility index (Phi) is 144. The van der Waals surface area contributed by atoms with Gasteiger partial charge in [-0.25, -0.2) is 0 Å². The van der Waals surface area contributed by atoms with Crippen LogP contribution < -0.4 is 34.0 Å². The van der Waals surface area contributed by atoms with E-state index in [0.717, 1.165) is 89.6 Å². The van der Waals surface area contributed by atoms with Gasteiger partial charge in [0.05, 0.1) is 39.3 Å². The second-order valence-electron chi connectivity index (χ2n) is 16.5. The third-order valence-corrected chi connectivity index (χ3v) is 9.35. The fourth-order valence-corrected chi connectivity index (χ4v) is 5.93. The average molecular weight is 1250 g/mol. The van der Waals surface area contributed by atoms with Gasteiger partial charge in [-0.2, -0.15) is 0 Å². The number of aliphatic hydroxyl groups is 2. The van der Waals surface area contributed by atoms with Gasteiger partial charge in [-0.3, -0.25) is 26.5 Å². The number of ketones is 1. The maximum atomic E-state index is 11.7. The Bertz CT molecular complexity index is 1250. The van der Waals surface area contributed by atoms with E-state index in [1.807, 2.05) is 95.2 Å².